The van der Waals surface area contributed by atoms with Crippen LogP contribution in [0.3, 0.4) is 0 Å². The van der Waals surface area contributed by atoms with Gasteiger partial charge in [-0.1, -0.05) is 24.6 Å². The molecule has 0 aromatic heterocycles. The van der Waals surface area contributed by atoms with Gasteiger partial charge in [-0.3, -0.25) is 0 Å². The molecule has 1 saturated heterocycles. The van der Waals surface area contributed by atoms with Crippen LogP contribution in [-0.2, 0) is 11.0 Å². The van der Waals surface area contributed by atoms with Gasteiger partial charge in [0.2, 0.25) is 0 Å². The lowest BCUT2D eigenvalue weighted by molar-refractivity contribution is 0.348. The van der Waals surface area contributed by atoms with Gasteiger partial charge in [-0.15, -0.1) is 0 Å². The highest BCUT2D eigenvalue weighted by molar-refractivity contribution is 6.26. The van der Waals surface area contributed by atoms with E-state index in [1.807, 2.05) is 0 Å². The molecular weight excluding hydrogens is 223 g/mol. The first kappa shape index (κ1) is 13.4. The molecule has 1 heterocycles. The third-order valence-electron chi connectivity index (χ3n) is 3.59. The Morgan fingerprint density at radius 2 is 2.17 bits per heavy atom. The predicted molar refractivity (Wildman–Crippen MR) is 76.7 cm³/mol. The van der Waals surface area contributed by atoms with Crippen molar-refractivity contribution in [2.45, 2.75) is 26.1 Å². The second kappa shape index (κ2) is 6.81. The number of nitrogens with zero attached hydrogens (tertiary/aromatic N) is 1. The molecule has 0 atom stereocenters. The molecule has 1 aliphatic rings. The summed E-state index contributed by atoms with van der Waals surface area (Å²) in [6.45, 7) is 4.94. The normalized spacial score (nSPS) is 16.9. The maximum atomic E-state index is 5.29. The summed E-state index contributed by atoms with van der Waals surface area (Å²) in [6.07, 6.45) is 3.41. The van der Waals surface area contributed by atoms with E-state index < -0.39 is 0 Å². The summed E-state index contributed by atoms with van der Waals surface area (Å²) in [7, 11) is 1.78. The van der Waals surface area contributed by atoms with Gasteiger partial charge in [-0.2, -0.15) is 0 Å². The Hall–Kier alpha value is -0.995. The summed E-state index contributed by atoms with van der Waals surface area (Å²) < 4.78 is 5.08. The first-order chi connectivity index (χ1) is 8.79. The highest BCUT2D eigenvalue weighted by Crippen LogP contribution is 2.23. The zero-order valence-corrected chi connectivity index (χ0v) is 11.1. The SMILES string of the molecule is CC1CCN(c2cccc(C[B]OCN)c2)CC1. The Morgan fingerprint density at radius 1 is 1.39 bits per heavy atom. The topological polar surface area (TPSA) is 38.5 Å². The standard InChI is InChI=1S/C14H22BN2O/c1-12-5-7-17(8-6-12)14-4-2-3-13(9-14)10-15-18-11-16/h2-4,9,12H,5-8,10-11,16H2,1H3. The minimum Gasteiger partial charge on any atom is -0.428 e. The van der Waals surface area contributed by atoms with Crippen molar-refractivity contribution in [1.29, 1.82) is 0 Å². The van der Waals surface area contributed by atoms with Gasteiger partial charge in [0.05, 0.1) is 6.73 Å². The van der Waals surface area contributed by atoms with Gasteiger partial charge >= 0.3 is 0 Å². The summed E-state index contributed by atoms with van der Waals surface area (Å²) in [5, 5.41) is 0. The lowest BCUT2D eigenvalue weighted by Gasteiger charge is -2.32. The average Bonchev–Trinajstić information content (AvgIpc) is 2.40. The zero-order chi connectivity index (χ0) is 12.8. The molecule has 0 bridgehead atoms. The van der Waals surface area contributed by atoms with Crippen molar-refractivity contribution >= 4 is 13.2 Å². The van der Waals surface area contributed by atoms with Crippen LogP contribution in [0.1, 0.15) is 25.3 Å². The highest BCUT2D eigenvalue weighted by Gasteiger charge is 2.15. The van der Waals surface area contributed by atoms with Gasteiger partial charge in [0.25, 0.3) is 7.48 Å². The molecule has 3 nitrogen and oxygen atoms in total. The Labute approximate surface area is 111 Å². The summed E-state index contributed by atoms with van der Waals surface area (Å²) in [5.41, 5.74) is 7.90. The van der Waals surface area contributed by atoms with Crippen LogP contribution in [0.15, 0.2) is 24.3 Å². The van der Waals surface area contributed by atoms with Gasteiger partial charge in [0, 0.05) is 18.8 Å². The van der Waals surface area contributed by atoms with E-state index >= 15 is 0 Å². The van der Waals surface area contributed by atoms with Crippen molar-refractivity contribution < 1.29 is 4.65 Å². The second-order valence-electron chi connectivity index (χ2n) is 5.04. The van der Waals surface area contributed by atoms with Crippen LogP contribution < -0.4 is 10.6 Å². The van der Waals surface area contributed by atoms with Gasteiger partial charge in [-0.05, 0) is 37.2 Å². The van der Waals surface area contributed by atoms with Gasteiger partial charge in [0.1, 0.15) is 0 Å². The average molecular weight is 245 g/mol. The number of benzene rings is 1. The highest BCUT2D eigenvalue weighted by atomic mass is 16.4. The molecule has 1 aromatic rings. The van der Waals surface area contributed by atoms with E-state index in [9.17, 15) is 0 Å². The monoisotopic (exact) mass is 245 g/mol. The van der Waals surface area contributed by atoms with Crippen molar-refractivity contribution in [2.75, 3.05) is 24.7 Å². The van der Waals surface area contributed by atoms with E-state index in [0.29, 0.717) is 0 Å². The Morgan fingerprint density at radius 3 is 2.89 bits per heavy atom. The first-order valence-electron chi connectivity index (χ1n) is 6.77. The molecule has 1 aliphatic heterocycles. The van der Waals surface area contributed by atoms with Gasteiger partial charge in [0.15, 0.2) is 0 Å². The molecule has 97 valence electrons. The molecule has 2 rings (SSSR count). The largest absolute Gasteiger partial charge is 0.428 e. The fraction of sp³-hybridized carbons (Fsp3) is 0.571. The van der Waals surface area contributed by atoms with E-state index in [-0.39, 0.29) is 6.73 Å². The van der Waals surface area contributed by atoms with E-state index in [4.69, 9.17) is 10.4 Å². The van der Waals surface area contributed by atoms with Gasteiger partial charge < -0.3 is 15.3 Å². The van der Waals surface area contributed by atoms with Crippen LogP contribution in [0.2, 0.25) is 0 Å². The molecule has 1 aromatic carbocycles. The third-order valence-corrected chi connectivity index (χ3v) is 3.59. The molecule has 1 radical (unpaired) electrons. The van der Waals surface area contributed by atoms with Crippen molar-refractivity contribution in [2.24, 2.45) is 11.7 Å². The second-order valence-corrected chi connectivity index (χ2v) is 5.04. The molecule has 0 aliphatic carbocycles. The fourth-order valence-corrected chi connectivity index (χ4v) is 2.37. The summed E-state index contributed by atoms with van der Waals surface area (Å²) in [6, 6.07) is 8.71. The molecule has 0 amide bonds. The minimum atomic E-state index is 0.254. The smallest absolute Gasteiger partial charge is 0.298 e. The number of nitrogens with two attached hydrogens (primary N) is 1. The lowest BCUT2D eigenvalue weighted by Crippen LogP contribution is -2.32. The van der Waals surface area contributed by atoms with Crippen LogP contribution in [0.4, 0.5) is 5.69 Å². The molecule has 18 heavy (non-hydrogen) atoms. The minimum absolute atomic E-state index is 0.254. The summed E-state index contributed by atoms with van der Waals surface area (Å²) >= 11 is 0. The van der Waals surface area contributed by atoms with Crippen LogP contribution in [0.5, 0.6) is 0 Å². The number of anilines is 1. The van der Waals surface area contributed by atoms with E-state index in [0.717, 1.165) is 12.2 Å². The summed E-state index contributed by atoms with van der Waals surface area (Å²) in [4.78, 5) is 2.48. The Bertz CT molecular complexity index is 365. The van der Waals surface area contributed by atoms with E-state index in [1.54, 1.807) is 7.48 Å². The maximum Gasteiger partial charge on any atom is 0.298 e. The third kappa shape index (κ3) is 3.75. The molecule has 0 unspecified atom stereocenters. The quantitative estimate of drug-likeness (QED) is 0.489. The lowest BCUT2D eigenvalue weighted by atomic mass is 9.89. The van der Waals surface area contributed by atoms with Crippen molar-refractivity contribution in [3.05, 3.63) is 29.8 Å². The van der Waals surface area contributed by atoms with Gasteiger partial charge in [-0.25, -0.2) is 0 Å². The van der Waals surface area contributed by atoms with E-state index in [2.05, 4.69) is 36.1 Å². The molecule has 0 spiro atoms. The van der Waals surface area contributed by atoms with Crippen LogP contribution in [0, 0.1) is 5.92 Å². The predicted octanol–water partition coefficient (Wildman–Crippen LogP) is 1.97. The zero-order valence-electron chi connectivity index (χ0n) is 11.1. The van der Waals surface area contributed by atoms with Crippen molar-refractivity contribution in [3.63, 3.8) is 0 Å². The van der Waals surface area contributed by atoms with Crippen LogP contribution >= 0.6 is 0 Å². The van der Waals surface area contributed by atoms with Crippen LogP contribution in [0.25, 0.3) is 0 Å². The Kier molecular flexibility index (Phi) is 5.08. The number of piperidine rings is 1. The molecule has 0 saturated carbocycles. The van der Waals surface area contributed by atoms with Crippen molar-refractivity contribution in [1.82, 2.24) is 0 Å². The first-order valence-corrected chi connectivity index (χ1v) is 6.77. The fourth-order valence-electron chi connectivity index (χ4n) is 2.37. The molecule has 2 N–H and O–H groups in total. The maximum absolute atomic E-state index is 5.29. The van der Waals surface area contributed by atoms with Crippen molar-refractivity contribution in [3.8, 4) is 0 Å². The summed E-state index contributed by atoms with van der Waals surface area (Å²) in [5.74, 6) is 0.871. The number of hydrogen-bond donors (Lipinski definition) is 1. The van der Waals surface area contributed by atoms with Crippen LogP contribution in [-0.4, -0.2) is 27.3 Å². The number of hydrogen-bond acceptors (Lipinski definition) is 3. The van der Waals surface area contributed by atoms with E-state index in [1.165, 1.54) is 37.2 Å². The molecular formula is C14H22BN2O. The molecule has 1 fully saturated rings. The Balaban J connectivity index is 1.94. The number of rotatable bonds is 5. The molecule has 4 heteroatoms.